The summed E-state index contributed by atoms with van der Waals surface area (Å²) in [5.74, 6) is 0.457. The van der Waals surface area contributed by atoms with Gasteiger partial charge in [-0.1, -0.05) is 18.2 Å². The molecule has 2 aromatic rings. The van der Waals surface area contributed by atoms with Crippen LogP contribution in [0.5, 0.6) is 5.75 Å². The highest BCUT2D eigenvalue weighted by molar-refractivity contribution is 5.90. The van der Waals surface area contributed by atoms with Crippen molar-refractivity contribution in [1.82, 2.24) is 0 Å². The molecule has 0 unspecified atom stereocenters. The van der Waals surface area contributed by atoms with Crippen LogP contribution in [0.2, 0.25) is 0 Å². The van der Waals surface area contributed by atoms with Crippen molar-refractivity contribution < 1.29 is 28.2 Å². The zero-order valence-electron chi connectivity index (χ0n) is 14.4. The average molecular weight is 344 g/mol. The van der Waals surface area contributed by atoms with Crippen LogP contribution in [0.25, 0.3) is 6.08 Å². The quantitative estimate of drug-likeness (QED) is 0.565. The minimum atomic E-state index is -0.528. The van der Waals surface area contributed by atoms with Gasteiger partial charge in [-0.2, -0.15) is 0 Å². The molecular weight excluding hydrogens is 324 g/mol. The van der Waals surface area contributed by atoms with Gasteiger partial charge >= 0.3 is 11.9 Å². The summed E-state index contributed by atoms with van der Waals surface area (Å²) in [6.07, 6.45) is 2.94. The number of carbonyl (C=O) groups excluding carboxylic acids is 2. The zero-order valence-corrected chi connectivity index (χ0v) is 14.4. The molecule has 1 heterocycles. The van der Waals surface area contributed by atoms with Crippen LogP contribution < -0.4 is 4.74 Å². The van der Waals surface area contributed by atoms with Crippen molar-refractivity contribution in [3.8, 4) is 5.75 Å². The molecule has 0 bridgehead atoms. The first kappa shape index (κ1) is 18.3. The van der Waals surface area contributed by atoms with E-state index in [-0.39, 0.29) is 6.61 Å². The van der Waals surface area contributed by atoms with Crippen molar-refractivity contribution in [3.63, 3.8) is 0 Å². The van der Waals surface area contributed by atoms with E-state index in [0.717, 1.165) is 5.56 Å². The van der Waals surface area contributed by atoms with Crippen LogP contribution in [0.1, 0.15) is 34.4 Å². The molecule has 0 aliphatic heterocycles. The van der Waals surface area contributed by atoms with Crippen LogP contribution >= 0.6 is 0 Å². The SMILES string of the molecule is CCOc1ccccc1/C=C/C(=O)OCc1cc(C(=O)OC)c(C)o1. The molecule has 0 spiro atoms. The van der Waals surface area contributed by atoms with Gasteiger partial charge in [0, 0.05) is 11.6 Å². The first-order valence-electron chi connectivity index (χ1n) is 7.79. The second kappa shape index (κ2) is 8.73. The fraction of sp³-hybridized carbons (Fsp3) is 0.263. The molecule has 0 saturated heterocycles. The lowest BCUT2D eigenvalue weighted by atomic mass is 10.2. The van der Waals surface area contributed by atoms with Gasteiger partial charge in [0.1, 0.15) is 29.4 Å². The number of hydrogen-bond donors (Lipinski definition) is 0. The van der Waals surface area contributed by atoms with E-state index in [1.165, 1.54) is 19.3 Å². The van der Waals surface area contributed by atoms with Crippen LogP contribution in [0.15, 0.2) is 40.8 Å². The fourth-order valence-corrected chi connectivity index (χ4v) is 2.18. The van der Waals surface area contributed by atoms with Gasteiger partial charge in [-0.25, -0.2) is 9.59 Å². The molecule has 6 heteroatoms. The Morgan fingerprint density at radius 1 is 1.24 bits per heavy atom. The van der Waals surface area contributed by atoms with Gasteiger partial charge in [0.25, 0.3) is 0 Å². The molecule has 0 amide bonds. The summed E-state index contributed by atoms with van der Waals surface area (Å²) in [7, 11) is 1.29. The summed E-state index contributed by atoms with van der Waals surface area (Å²) >= 11 is 0. The molecule has 0 fully saturated rings. The maximum Gasteiger partial charge on any atom is 0.341 e. The van der Waals surface area contributed by atoms with Crippen LogP contribution in [-0.2, 0) is 20.9 Å². The Balaban J connectivity index is 1.96. The monoisotopic (exact) mass is 344 g/mol. The Hall–Kier alpha value is -3.02. The van der Waals surface area contributed by atoms with Crippen molar-refractivity contribution in [3.05, 3.63) is 59.1 Å². The summed E-state index contributed by atoms with van der Waals surface area (Å²) in [6, 6.07) is 8.89. The number of aryl methyl sites for hydroxylation is 1. The second-order valence-electron chi connectivity index (χ2n) is 5.09. The third-order valence-electron chi connectivity index (χ3n) is 3.35. The molecule has 6 nitrogen and oxygen atoms in total. The zero-order chi connectivity index (χ0) is 18.2. The van der Waals surface area contributed by atoms with E-state index in [0.29, 0.717) is 29.4 Å². The summed E-state index contributed by atoms with van der Waals surface area (Å²) < 4.78 is 20.6. The van der Waals surface area contributed by atoms with E-state index >= 15 is 0 Å². The maximum atomic E-state index is 11.9. The van der Waals surface area contributed by atoms with Gasteiger partial charge in [-0.15, -0.1) is 0 Å². The molecule has 2 rings (SSSR count). The van der Waals surface area contributed by atoms with Crippen LogP contribution in [0.3, 0.4) is 0 Å². The van der Waals surface area contributed by atoms with Crippen LogP contribution in [-0.4, -0.2) is 25.7 Å². The molecule has 1 aromatic carbocycles. The molecule has 25 heavy (non-hydrogen) atoms. The number of rotatable bonds is 7. The van der Waals surface area contributed by atoms with Gasteiger partial charge in [0.05, 0.1) is 13.7 Å². The molecule has 1 aromatic heterocycles. The molecule has 0 aliphatic carbocycles. The Morgan fingerprint density at radius 2 is 2.00 bits per heavy atom. The van der Waals surface area contributed by atoms with E-state index in [4.69, 9.17) is 13.9 Å². The minimum Gasteiger partial charge on any atom is -0.493 e. The number of para-hydroxylation sites is 1. The normalized spacial score (nSPS) is 10.7. The molecule has 132 valence electrons. The first-order chi connectivity index (χ1) is 12.0. The largest absolute Gasteiger partial charge is 0.493 e. The topological polar surface area (TPSA) is 75.0 Å². The van der Waals surface area contributed by atoms with Crippen LogP contribution in [0.4, 0.5) is 0 Å². The Morgan fingerprint density at radius 3 is 2.72 bits per heavy atom. The predicted molar refractivity (Wildman–Crippen MR) is 91.2 cm³/mol. The molecule has 0 aliphatic rings. The van der Waals surface area contributed by atoms with Gasteiger partial charge in [0.2, 0.25) is 0 Å². The van der Waals surface area contributed by atoms with E-state index in [2.05, 4.69) is 4.74 Å². The van der Waals surface area contributed by atoms with Crippen molar-refractivity contribution in [1.29, 1.82) is 0 Å². The molecular formula is C19H20O6. The lowest BCUT2D eigenvalue weighted by Crippen LogP contribution is -2.01. The van der Waals surface area contributed by atoms with Gasteiger partial charge in [-0.05, 0) is 32.1 Å². The molecule has 0 saturated carbocycles. The smallest absolute Gasteiger partial charge is 0.341 e. The second-order valence-corrected chi connectivity index (χ2v) is 5.09. The van der Waals surface area contributed by atoms with Gasteiger partial charge < -0.3 is 18.6 Å². The summed E-state index contributed by atoms with van der Waals surface area (Å²) in [5, 5.41) is 0. The standard InChI is InChI=1S/C19H20O6/c1-4-23-17-8-6-5-7-14(17)9-10-18(20)24-12-15-11-16(13(2)25-15)19(21)22-3/h5-11H,4,12H2,1-3H3/b10-9+. The third-order valence-corrected chi connectivity index (χ3v) is 3.35. The Bertz CT molecular complexity index is 772. The fourth-order valence-electron chi connectivity index (χ4n) is 2.18. The van der Waals surface area contributed by atoms with Crippen molar-refractivity contribution in [2.75, 3.05) is 13.7 Å². The van der Waals surface area contributed by atoms with E-state index in [1.54, 1.807) is 13.0 Å². The third kappa shape index (κ3) is 4.97. The maximum absolute atomic E-state index is 11.9. The van der Waals surface area contributed by atoms with Gasteiger partial charge in [-0.3, -0.25) is 0 Å². The average Bonchev–Trinajstić information content (AvgIpc) is 2.99. The van der Waals surface area contributed by atoms with Crippen LogP contribution in [0, 0.1) is 6.92 Å². The summed E-state index contributed by atoms with van der Waals surface area (Å²) in [4.78, 5) is 23.4. The number of carbonyl (C=O) groups is 2. The Labute approximate surface area is 146 Å². The van der Waals surface area contributed by atoms with E-state index in [9.17, 15) is 9.59 Å². The molecule has 0 N–H and O–H groups in total. The number of methoxy groups -OCH3 is 1. The first-order valence-corrected chi connectivity index (χ1v) is 7.79. The number of esters is 2. The lowest BCUT2D eigenvalue weighted by molar-refractivity contribution is -0.139. The number of hydrogen-bond acceptors (Lipinski definition) is 6. The highest BCUT2D eigenvalue weighted by Gasteiger charge is 2.15. The highest BCUT2D eigenvalue weighted by Crippen LogP contribution is 2.20. The number of ether oxygens (including phenoxy) is 3. The number of furan rings is 1. The van der Waals surface area contributed by atoms with E-state index < -0.39 is 11.9 Å². The molecule has 0 atom stereocenters. The summed E-state index contributed by atoms with van der Waals surface area (Å²) in [5.41, 5.74) is 1.10. The van der Waals surface area contributed by atoms with Crippen molar-refractivity contribution in [2.24, 2.45) is 0 Å². The minimum absolute atomic E-state index is 0.0753. The van der Waals surface area contributed by atoms with Gasteiger partial charge in [0.15, 0.2) is 0 Å². The number of benzene rings is 1. The Kier molecular flexibility index (Phi) is 6.39. The summed E-state index contributed by atoms with van der Waals surface area (Å²) in [6.45, 7) is 3.99. The molecule has 0 radical (unpaired) electrons. The highest BCUT2D eigenvalue weighted by atomic mass is 16.5. The van der Waals surface area contributed by atoms with Crippen molar-refractivity contribution >= 4 is 18.0 Å². The van der Waals surface area contributed by atoms with Crippen molar-refractivity contribution in [2.45, 2.75) is 20.5 Å². The lowest BCUT2D eigenvalue weighted by Gasteiger charge is -2.06. The predicted octanol–water partition coefficient (Wildman–Crippen LogP) is 3.53. The van der Waals surface area contributed by atoms with E-state index in [1.807, 2.05) is 31.2 Å².